The fraction of sp³-hybridized carbons (Fsp3) is 0.500. The lowest BCUT2D eigenvalue weighted by Crippen LogP contribution is -2.18. The Morgan fingerprint density at radius 3 is 2.73 bits per heavy atom. The van der Waals surface area contributed by atoms with Crippen LogP contribution in [0, 0.1) is 5.92 Å². The van der Waals surface area contributed by atoms with E-state index in [0.717, 1.165) is 0 Å². The molecule has 60 valence electrons. The van der Waals surface area contributed by atoms with Gasteiger partial charge in [-0.1, -0.05) is 19.0 Å². The molecule has 11 heavy (non-hydrogen) atoms. The standard InChI is InChI=1S/C6H10N4O/c1-5(2)6(9-11)10-4-7-3-8-10/h3-5,11H,1-2H3/b9-6-. The zero-order chi connectivity index (χ0) is 8.27. The van der Waals surface area contributed by atoms with Gasteiger partial charge in [-0.3, -0.25) is 0 Å². The van der Waals surface area contributed by atoms with Crippen LogP contribution < -0.4 is 0 Å². The molecular formula is C6H10N4O. The SMILES string of the molecule is CC(C)/C(=N/O)n1cncn1. The molecule has 1 aromatic rings. The Labute approximate surface area is 64.4 Å². The number of oxime groups is 1. The molecule has 0 saturated heterocycles. The molecule has 0 radical (unpaired) electrons. The van der Waals surface area contributed by atoms with E-state index in [4.69, 9.17) is 5.21 Å². The predicted octanol–water partition coefficient (Wildman–Crippen LogP) is 0.570. The minimum absolute atomic E-state index is 0.127. The molecule has 0 amide bonds. The predicted molar refractivity (Wildman–Crippen MR) is 39.5 cm³/mol. The number of aromatic nitrogens is 3. The Kier molecular flexibility index (Phi) is 2.20. The van der Waals surface area contributed by atoms with Crippen molar-refractivity contribution in [3.63, 3.8) is 0 Å². The first kappa shape index (κ1) is 7.71. The van der Waals surface area contributed by atoms with E-state index >= 15 is 0 Å². The minimum atomic E-state index is 0.127. The van der Waals surface area contributed by atoms with Crippen molar-refractivity contribution in [3.05, 3.63) is 12.7 Å². The van der Waals surface area contributed by atoms with Gasteiger partial charge in [-0.25, -0.2) is 9.67 Å². The average Bonchev–Trinajstić information content (AvgIpc) is 2.40. The lowest BCUT2D eigenvalue weighted by molar-refractivity contribution is 0.312. The molecule has 0 fully saturated rings. The van der Waals surface area contributed by atoms with E-state index < -0.39 is 0 Å². The van der Waals surface area contributed by atoms with E-state index in [-0.39, 0.29) is 5.92 Å². The third kappa shape index (κ3) is 1.54. The van der Waals surface area contributed by atoms with Crippen LogP contribution in [0.2, 0.25) is 0 Å². The van der Waals surface area contributed by atoms with Gasteiger partial charge in [0.05, 0.1) is 0 Å². The minimum Gasteiger partial charge on any atom is -0.409 e. The van der Waals surface area contributed by atoms with Crippen molar-refractivity contribution in [2.24, 2.45) is 11.1 Å². The van der Waals surface area contributed by atoms with E-state index in [1.807, 2.05) is 13.8 Å². The number of nitrogens with zero attached hydrogens (tertiary/aromatic N) is 4. The van der Waals surface area contributed by atoms with Crippen molar-refractivity contribution in [1.82, 2.24) is 14.8 Å². The quantitative estimate of drug-likeness (QED) is 0.278. The van der Waals surface area contributed by atoms with Gasteiger partial charge in [-0.15, -0.1) is 0 Å². The Morgan fingerprint density at radius 1 is 1.64 bits per heavy atom. The summed E-state index contributed by atoms with van der Waals surface area (Å²) < 4.78 is 1.44. The normalized spacial score (nSPS) is 12.5. The Balaban J connectivity index is 2.90. The lowest BCUT2D eigenvalue weighted by Gasteiger charge is -2.05. The van der Waals surface area contributed by atoms with Gasteiger partial charge in [-0.2, -0.15) is 5.10 Å². The maximum Gasteiger partial charge on any atom is 0.173 e. The van der Waals surface area contributed by atoms with Crippen LogP contribution in [-0.4, -0.2) is 25.8 Å². The highest BCUT2D eigenvalue weighted by Gasteiger charge is 2.07. The molecule has 1 heterocycles. The third-order valence-electron chi connectivity index (χ3n) is 1.27. The lowest BCUT2D eigenvalue weighted by atomic mass is 10.2. The molecule has 0 atom stereocenters. The van der Waals surface area contributed by atoms with Crippen LogP contribution >= 0.6 is 0 Å². The first-order valence-electron chi connectivity index (χ1n) is 3.32. The summed E-state index contributed by atoms with van der Waals surface area (Å²) in [7, 11) is 0. The van der Waals surface area contributed by atoms with Gasteiger partial charge in [0.15, 0.2) is 5.84 Å². The molecule has 0 aliphatic heterocycles. The molecule has 0 saturated carbocycles. The van der Waals surface area contributed by atoms with E-state index in [1.54, 1.807) is 0 Å². The summed E-state index contributed by atoms with van der Waals surface area (Å²) in [5, 5.41) is 15.5. The average molecular weight is 154 g/mol. The van der Waals surface area contributed by atoms with Crippen molar-refractivity contribution in [3.8, 4) is 0 Å². The Bertz CT molecular complexity index is 239. The summed E-state index contributed by atoms with van der Waals surface area (Å²) in [4.78, 5) is 3.73. The van der Waals surface area contributed by atoms with Crippen LogP contribution in [0.3, 0.4) is 0 Å². The molecule has 0 spiro atoms. The number of hydrogen-bond donors (Lipinski definition) is 1. The first-order chi connectivity index (χ1) is 5.25. The van der Waals surface area contributed by atoms with E-state index in [1.165, 1.54) is 17.3 Å². The molecule has 0 bridgehead atoms. The van der Waals surface area contributed by atoms with Gasteiger partial charge in [0.1, 0.15) is 12.7 Å². The molecule has 0 aromatic carbocycles. The van der Waals surface area contributed by atoms with Crippen molar-refractivity contribution < 1.29 is 5.21 Å². The Morgan fingerprint density at radius 2 is 2.36 bits per heavy atom. The fourth-order valence-electron chi connectivity index (χ4n) is 0.752. The van der Waals surface area contributed by atoms with E-state index in [2.05, 4.69) is 15.2 Å². The van der Waals surface area contributed by atoms with Crippen molar-refractivity contribution >= 4 is 5.84 Å². The van der Waals surface area contributed by atoms with Gasteiger partial charge in [0.2, 0.25) is 0 Å². The second-order valence-electron chi connectivity index (χ2n) is 2.45. The molecule has 1 aromatic heterocycles. The summed E-state index contributed by atoms with van der Waals surface area (Å²) in [6.45, 7) is 3.83. The van der Waals surface area contributed by atoms with Crippen molar-refractivity contribution in [2.75, 3.05) is 0 Å². The summed E-state index contributed by atoms with van der Waals surface area (Å²) in [5.74, 6) is 0.615. The van der Waals surface area contributed by atoms with Crippen LogP contribution in [0.1, 0.15) is 13.8 Å². The van der Waals surface area contributed by atoms with Crippen LogP contribution in [0.15, 0.2) is 17.8 Å². The first-order valence-corrected chi connectivity index (χ1v) is 3.32. The van der Waals surface area contributed by atoms with Crippen LogP contribution in [0.25, 0.3) is 0 Å². The van der Waals surface area contributed by atoms with Crippen LogP contribution in [-0.2, 0) is 0 Å². The molecule has 1 N–H and O–H groups in total. The highest BCUT2D eigenvalue weighted by atomic mass is 16.4. The molecule has 0 aliphatic rings. The van der Waals surface area contributed by atoms with Gasteiger partial charge in [0, 0.05) is 5.92 Å². The van der Waals surface area contributed by atoms with E-state index in [9.17, 15) is 0 Å². The van der Waals surface area contributed by atoms with Crippen LogP contribution in [0.5, 0.6) is 0 Å². The summed E-state index contributed by atoms with van der Waals surface area (Å²) in [5.41, 5.74) is 0. The van der Waals surface area contributed by atoms with Gasteiger partial charge in [0.25, 0.3) is 0 Å². The second kappa shape index (κ2) is 3.14. The van der Waals surface area contributed by atoms with Crippen molar-refractivity contribution in [2.45, 2.75) is 13.8 Å². The molecule has 5 nitrogen and oxygen atoms in total. The molecule has 5 heteroatoms. The summed E-state index contributed by atoms with van der Waals surface area (Å²) in [6, 6.07) is 0. The maximum atomic E-state index is 8.57. The maximum absolute atomic E-state index is 8.57. The molecular weight excluding hydrogens is 144 g/mol. The van der Waals surface area contributed by atoms with Crippen LogP contribution in [0.4, 0.5) is 0 Å². The monoisotopic (exact) mass is 154 g/mol. The van der Waals surface area contributed by atoms with Gasteiger partial charge >= 0.3 is 0 Å². The molecule has 0 unspecified atom stereocenters. The van der Waals surface area contributed by atoms with E-state index in [0.29, 0.717) is 5.84 Å². The van der Waals surface area contributed by atoms with Gasteiger partial charge in [-0.05, 0) is 0 Å². The fourth-order valence-corrected chi connectivity index (χ4v) is 0.752. The highest BCUT2D eigenvalue weighted by molar-refractivity contribution is 5.84. The second-order valence-corrected chi connectivity index (χ2v) is 2.45. The topological polar surface area (TPSA) is 63.3 Å². The van der Waals surface area contributed by atoms with Gasteiger partial charge < -0.3 is 5.21 Å². The largest absolute Gasteiger partial charge is 0.409 e. The number of hydrogen-bond acceptors (Lipinski definition) is 4. The Hall–Kier alpha value is -1.39. The highest BCUT2D eigenvalue weighted by Crippen LogP contribution is 1.97. The molecule has 0 aliphatic carbocycles. The van der Waals surface area contributed by atoms with Crippen molar-refractivity contribution in [1.29, 1.82) is 0 Å². The molecule has 1 rings (SSSR count). The zero-order valence-corrected chi connectivity index (χ0v) is 6.47. The number of rotatable bonds is 1. The summed E-state index contributed by atoms with van der Waals surface area (Å²) >= 11 is 0. The third-order valence-corrected chi connectivity index (χ3v) is 1.27. The summed E-state index contributed by atoms with van der Waals surface area (Å²) in [6.07, 6.45) is 2.89. The zero-order valence-electron chi connectivity index (χ0n) is 6.47. The smallest absolute Gasteiger partial charge is 0.173 e.